The minimum Gasteiger partial charge on any atom is -0.312 e. The van der Waals surface area contributed by atoms with E-state index in [2.05, 4.69) is 17.3 Å². The van der Waals surface area contributed by atoms with Gasteiger partial charge in [-0.25, -0.2) is 0 Å². The van der Waals surface area contributed by atoms with Crippen LogP contribution in [0.5, 0.6) is 0 Å². The molecule has 1 fully saturated rings. The lowest BCUT2D eigenvalue weighted by molar-refractivity contribution is 0.393. The minimum atomic E-state index is 0.441. The van der Waals surface area contributed by atoms with Crippen LogP contribution in [0, 0.1) is 6.92 Å². The lowest BCUT2D eigenvalue weighted by Crippen LogP contribution is -2.27. The molecule has 1 unspecified atom stereocenters. The molecule has 0 saturated heterocycles. The molecule has 0 aromatic carbocycles. The van der Waals surface area contributed by atoms with Crippen molar-refractivity contribution in [2.24, 2.45) is 0 Å². The van der Waals surface area contributed by atoms with Crippen LogP contribution in [-0.4, -0.2) is 22.4 Å². The number of nitrogens with one attached hydrogen (secondary N) is 1. The van der Waals surface area contributed by atoms with Gasteiger partial charge in [0.05, 0.1) is 16.8 Å². The van der Waals surface area contributed by atoms with Gasteiger partial charge in [-0.15, -0.1) is 0 Å². The average molecular weight is 242 g/mol. The summed E-state index contributed by atoms with van der Waals surface area (Å²) < 4.78 is 2.02. The molecule has 1 aliphatic rings. The maximum absolute atomic E-state index is 6.04. The Hall–Kier alpha value is -0.540. The van der Waals surface area contributed by atoms with Crippen molar-refractivity contribution in [1.29, 1.82) is 0 Å². The van der Waals surface area contributed by atoms with Crippen molar-refractivity contribution in [1.82, 2.24) is 15.1 Å². The van der Waals surface area contributed by atoms with E-state index >= 15 is 0 Å². The van der Waals surface area contributed by atoms with Crippen LogP contribution in [0.3, 0.4) is 0 Å². The van der Waals surface area contributed by atoms with Gasteiger partial charge in [0.25, 0.3) is 0 Å². The van der Waals surface area contributed by atoms with Crippen molar-refractivity contribution < 1.29 is 0 Å². The van der Waals surface area contributed by atoms with Gasteiger partial charge in [0, 0.05) is 18.8 Å². The highest BCUT2D eigenvalue weighted by Gasteiger charge is 2.22. The molecular weight excluding hydrogens is 222 g/mol. The third-order valence-electron chi connectivity index (χ3n) is 3.07. The topological polar surface area (TPSA) is 29.9 Å². The number of hydrogen-bond donors (Lipinski definition) is 1. The van der Waals surface area contributed by atoms with Crippen molar-refractivity contribution >= 4 is 11.6 Å². The fraction of sp³-hybridized carbons (Fsp3) is 0.750. The molecule has 16 heavy (non-hydrogen) atoms. The summed E-state index contributed by atoms with van der Waals surface area (Å²) in [6, 6.07) is 1.20. The Morgan fingerprint density at radius 2 is 2.38 bits per heavy atom. The van der Waals surface area contributed by atoms with Crippen molar-refractivity contribution in [2.75, 3.05) is 6.54 Å². The molecule has 0 aliphatic heterocycles. The van der Waals surface area contributed by atoms with Crippen molar-refractivity contribution in [3.8, 4) is 0 Å². The van der Waals surface area contributed by atoms with Gasteiger partial charge >= 0.3 is 0 Å². The third-order valence-corrected chi connectivity index (χ3v) is 3.44. The van der Waals surface area contributed by atoms with Crippen LogP contribution in [0.1, 0.15) is 44.3 Å². The van der Waals surface area contributed by atoms with Gasteiger partial charge in [-0.1, -0.05) is 24.9 Å². The van der Waals surface area contributed by atoms with Gasteiger partial charge in [0.2, 0.25) is 0 Å². The van der Waals surface area contributed by atoms with E-state index in [4.69, 9.17) is 11.6 Å². The van der Waals surface area contributed by atoms with E-state index in [1.54, 1.807) is 0 Å². The summed E-state index contributed by atoms with van der Waals surface area (Å²) in [5.41, 5.74) is 0.925. The Morgan fingerprint density at radius 3 is 2.88 bits per heavy atom. The summed E-state index contributed by atoms with van der Waals surface area (Å²) in [6.45, 7) is 5.17. The van der Waals surface area contributed by atoms with Crippen molar-refractivity contribution in [3.63, 3.8) is 0 Å². The number of aryl methyl sites for hydroxylation is 1. The molecular formula is C12H20ClN3. The maximum Gasteiger partial charge on any atom is 0.0815 e. The van der Waals surface area contributed by atoms with E-state index in [1.165, 1.54) is 19.3 Å². The lowest BCUT2D eigenvalue weighted by Gasteiger charge is -2.17. The summed E-state index contributed by atoms with van der Waals surface area (Å²) in [6.07, 6.45) is 6.94. The van der Waals surface area contributed by atoms with Crippen LogP contribution in [0.15, 0.2) is 6.20 Å². The Bertz CT molecular complexity index is 325. The molecule has 0 spiro atoms. The summed E-state index contributed by atoms with van der Waals surface area (Å²) >= 11 is 6.04. The highest BCUT2D eigenvalue weighted by Crippen LogP contribution is 2.22. The summed E-state index contributed by atoms with van der Waals surface area (Å²) in [4.78, 5) is 0. The van der Waals surface area contributed by atoms with E-state index in [9.17, 15) is 0 Å². The summed E-state index contributed by atoms with van der Waals surface area (Å²) in [7, 11) is 0. The summed E-state index contributed by atoms with van der Waals surface area (Å²) in [5, 5.41) is 8.81. The molecule has 3 nitrogen and oxygen atoms in total. The van der Waals surface area contributed by atoms with E-state index in [0.717, 1.165) is 29.7 Å². The molecule has 1 heterocycles. The summed E-state index contributed by atoms with van der Waals surface area (Å²) in [5.74, 6) is 0. The molecule has 1 N–H and O–H groups in total. The number of hydrogen-bond acceptors (Lipinski definition) is 2. The molecule has 1 aliphatic carbocycles. The smallest absolute Gasteiger partial charge is 0.0815 e. The SMILES string of the molecule is CCCC(CNC1CC1)n1cc(Cl)c(C)n1. The number of rotatable bonds is 6. The first kappa shape index (κ1) is 11.9. The molecule has 4 heteroatoms. The van der Waals surface area contributed by atoms with E-state index < -0.39 is 0 Å². The average Bonchev–Trinajstić information content (AvgIpc) is 3.01. The van der Waals surface area contributed by atoms with Gasteiger partial charge in [-0.2, -0.15) is 5.10 Å². The predicted octanol–water partition coefficient (Wildman–Crippen LogP) is 2.94. The third kappa shape index (κ3) is 2.98. The lowest BCUT2D eigenvalue weighted by atomic mass is 10.1. The normalized spacial score (nSPS) is 17.7. The Balaban J connectivity index is 1.98. The highest BCUT2D eigenvalue weighted by atomic mass is 35.5. The zero-order valence-corrected chi connectivity index (χ0v) is 10.8. The fourth-order valence-electron chi connectivity index (χ4n) is 1.90. The maximum atomic E-state index is 6.04. The zero-order chi connectivity index (χ0) is 11.5. The van der Waals surface area contributed by atoms with Crippen molar-refractivity contribution in [3.05, 3.63) is 16.9 Å². The molecule has 1 atom stereocenters. The zero-order valence-electron chi connectivity index (χ0n) is 10.0. The Morgan fingerprint density at radius 1 is 1.62 bits per heavy atom. The molecule has 0 bridgehead atoms. The van der Waals surface area contributed by atoms with Gasteiger partial charge in [-0.05, 0) is 26.2 Å². The predicted molar refractivity (Wildman–Crippen MR) is 66.9 cm³/mol. The van der Waals surface area contributed by atoms with Gasteiger partial charge in [0.15, 0.2) is 0 Å². The molecule has 1 aromatic heterocycles. The standard InChI is InChI=1S/C12H20ClN3/c1-3-4-11(7-14-10-5-6-10)16-8-12(13)9(2)15-16/h8,10-11,14H,3-7H2,1-2H3. The first-order chi connectivity index (χ1) is 7.70. The monoisotopic (exact) mass is 241 g/mol. The second kappa shape index (κ2) is 5.19. The Kier molecular flexibility index (Phi) is 3.87. The molecule has 1 saturated carbocycles. The van der Waals surface area contributed by atoms with Gasteiger partial charge < -0.3 is 5.32 Å². The Labute approximate surface area is 102 Å². The fourth-order valence-corrected chi connectivity index (χ4v) is 2.04. The van der Waals surface area contributed by atoms with E-state index in [0.29, 0.717) is 6.04 Å². The number of halogens is 1. The molecule has 2 rings (SSSR count). The minimum absolute atomic E-state index is 0.441. The van der Waals surface area contributed by atoms with Gasteiger partial charge in [-0.3, -0.25) is 4.68 Å². The number of nitrogens with zero attached hydrogens (tertiary/aromatic N) is 2. The molecule has 1 aromatic rings. The van der Waals surface area contributed by atoms with Crippen LogP contribution < -0.4 is 5.32 Å². The molecule has 0 radical (unpaired) electrons. The van der Waals surface area contributed by atoms with Crippen LogP contribution in [-0.2, 0) is 0 Å². The molecule has 90 valence electrons. The van der Waals surface area contributed by atoms with E-state index in [1.807, 2.05) is 17.8 Å². The second-order valence-electron chi connectivity index (χ2n) is 4.67. The van der Waals surface area contributed by atoms with Crippen LogP contribution in [0.2, 0.25) is 5.02 Å². The van der Waals surface area contributed by atoms with E-state index in [-0.39, 0.29) is 0 Å². The number of aromatic nitrogens is 2. The van der Waals surface area contributed by atoms with Crippen LogP contribution in [0.4, 0.5) is 0 Å². The second-order valence-corrected chi connectivity index (χ2v) is 5.07. The molecule has 0 amide bonds. The van der Waals surface area contributed by atoms with Crippen molar-refractivity contribution in [2.45, 2.75) is 51.6 Å². The first-order valence-electron chi connectivity index (χ1n) is 6.15. The first-order valence-corrected chi connectivity index (χ1v) is 6.53. The quantitative estimate of drug-likeness (QED) is 0.830. The van der Waals surface area contributed by atoms with Crippen LogP contribution >= 0.6 is 11.6 Å². The van der Waals surface area contributed by atoms with Gasteiger partial charge in [0.1, 0.15) is 0 Å². The highest BCUT2D eigenvalue weighted by molar-refractivity contribution is 6.31. The largest absolute Gasteiger partial charge is 0.312 e. The van der Waals surface area contributed by atoms with Crippen LogP contribution in [0.25, 0.3) is 0 Å².